The fraction of sp³-hybridized carbons (Fsp3) is 0.0323. The van der Waals surface area contributed by atoms with E-state index in [0.29, 0.717) is 0 Å². The average molecular weight is 438 g/mol. The molecule has 0 amide bonds. The third-order valence-electron chi connectivity index (χ3n) is 6.92. The van der Waals surface area contributed by atoms with Crippen molar-refractivity contribution in [2.75, 3.05) is 5.73 Å². The van der Waals surface area contributed by atoms with Crippen LogP contribution in [0.4, 0.5) is 5.69 Å². The number of hydrogen-bond donors (Lipinski definition) is 1. The van der Waals surface area contributed by atoms with E-state index >= 15 is 0 Å². The average Bonchev–Trinajstić information content (AvgIpc) is 3.39. The van der Waals surface area contributed by atoms with Crippen molar-refractivity contribution in [2.24, 2.45) is 0 Å². The van der Waals surface area contributed by atoms with Crippen LogP contribution in [0, 0.1) is 0 Å². The third kappa shape index (κ3) is 2.70. The zero-order valence-electron chi connectivity index (χ0n) is 18.6. The maximum atomic E-state index is 6.51. The molecule has 2 N–H and O–H groups in total. The number of nitrogen functional groups attached to an aromatic ring is 1. The summed E-state index contributed by atoms with van der Waals surface area (Å²) in [6, 6.07) is 40.9. The summed E-state index contributed by atoms with van der Waals surface area (Å²) in [7, 11) is 0. The lowest BCUT2D eigenvalue weighted by Crippen LogP contribution is -1.99. The van der Waals surface area contributed by atoms with Crippen LogP contribution in [0.25, 0.3) is 49.3 Å². The Morgan fingerprint density at radius 3 is 1.91 bits per heavy atom. The Bertz CT molecular complexity index is 1780. The first-order valence-corrected chi connectivity index (χ1v) is 11.6. The summed E-state index contributed by atoms with van der Waals surface area (Å²) in [5.41, 5.74) is 14.5. The normalized spacial score (nSPS) is 11.8. The topological polar surface area (TPSA) is 35.9 Å². The van der Waals surface area contributed by atoms with E-state index in [-0.39, 0.29) is 0 Å². The zero-order chi connectivity index (χ0) is 22.6. The summed E-state index contributed by atoms with van der Waals surface area (Å²) in [5.74, 6) is 0. The third-order valence-corrected chi connectivity index (χ3v) is 6.92. The van der Waals surface area contributed by atoms with Crippen molar-refractivity contribution in [3.63, 3.8) is 0 Å². The molecule has 7 rings (SSSR count). The van der Waals surface area contributed by atoms with Gasteiger partial charge in [-0.3, -0.25) is 0 Å². The van der Waals surface area contributed by atoms with Gasteiger partial charge in [-0.25, -0.2) is 0 Å². The molecule has 0 aliphatic carbocycles. The van der Waals surface area contributed by atoms with Gasteiger partial charge in [0.25, 0.3) is 0 Å². The van der Waals surface area contributed by atoms with Crippen molar-refractivity contribution in [1.29, 1.82) is 0 Å². The summed E-state index contributed by atoms with van der Waals surface area (Å²) in [5, 5.41) is 5.01. The number of aromatic nitrogens is 2. The van der Waals surface area contributed by atoms with Crippen LogP contribution in [0.3, 0.4) is 0 Å². The molecule has 0 radical (unpaired) electrons. The summed E-state index contributed by atoms with van der Waals surface area (Å²) >= 11 is 0. The first-order valence-electron chi connectivity index (χ1n) is 11.6. The van der Waals surface area contributed by atoms with E-state index in [1.165, 1.54) is 43.7 Å². The van der Waals surface area contributed by atoms with Gasteiger partial charge in [0, 0.05) is 44.8 Å². The second-order valence-corrected chi connectivity index (χ2v) is 8.89. The fourth-order valence-electron chi connectivity index (χ4n) is 5.44. The molecule has 3 nitrogen and oxygen atoms in total. The number of para-hydroxylation sites is 4. The number of fused-ring (bicyclic) bond motifs is 6. The maximum Gasteiger partial charge on any atom is 0.0771 e. The van der Waals surface area contributed by atoms with Gasteiger partial charge in [-0.15, -0.1) is 0 Å². The lowest BCUT2D eigenvalue weighted by Gasteiger charge is -2.10. The minimum atomic E-state index is 0.793. The van der Waals surface area contributed by atoms with Gasteiger partial charge in [0.1, 0.15) is 0 Å². The van der Waals surface area contributed by atoms with Gasteiger partial charge in [0.2, 0.25) is 0 Å². The molecule has 2 aromatic heterocycles. The lowest BCUT2D eigenvalue weighted by molar-refractivity contribution is 0.870. The van der Waals surface area contributed by atoms with Crippen LogP contribution in [0.5, 0.6) is 0 Å². The van der Waals surface area contributed by atoms with Gasteiger partial charge in [-0.2, -0.15) is 0 Å². The number of nitrogens with two attached hydrogens (primary N) is 1. The van der Waals surface area contributed by atoms with Crippen LogP contribution in [0.15, 0.2) is 115 Å². The Kier molecular flexibility index (Phi) is 4.06. The van der Waals surface area contributed by atoms with Gasteiger partial charge >= 0.3 is 0 Å². The summed E-state index contributed by atoms with van der Waals surface area (Å²) in [4.78, 5) is 0. The molecule has 5 aromatic carbocycles. The molecule has 162 valence electrons. The van der Waals surface area contributed by atoms with Crippen molar-refractivity contribution >= 4 is 49.3 Å². The van der Waals surface area contributed by atoms with Gasteiger partial charge in [0.05, 0.1) is 16.7 Å². The Morgan fingerprint density at radius 1 is 0.529 bits per heavy atom. The second-order valence-electron chi connectivity index (χ2n) is 8.89. The molecular formula is C31H23N3. The monoisotopic (exact) mass is 437 g/mol. The van der Waals surface area contributed by atoms with E-state index in [9.17, 15) is 0 Å². The van der Waals surface area contributed by atoms with Crippen LogP contribution in [0.2, 0.25) is 0 Å². The lowest BCUT2D eigenvalue weighted by atomic mass is 10.1. The van der Waals surface area contributed by atoms with Crippen molar-refractivity contribution in [1.82, 2.24) is 9.13 Å². The molecule has 34 heavy (non-hydrogen) atoms. The van der Waals surface area contributed by atoms with Crippen molar-refractivity contribution < 1.29 is 0 Å². The highest BCUT2D eigenvalue weighted by molar-refractivity contribution is 6.13. The summed E-state index contributed by atoms with van der Waals surface area (Å²) in [6.45, 7) is 0.810. The molecule has 2 heterocycles. The number of hydrogen-bond acceptors (Lipinski definition) is 1. The van der Waals surface area contributed by atoms with Crippen LogP contribution >= 0.6 is 0 Å². The van der Waals surface area contributed by atoms with Crippen molar-refractivity contribution in [3.8, 4) is 5.69 Å². The van der Waals surface area contributed by atoms with Crippen molar-refractivity contribution in [2.45, 2.75) is 6.54 Å². The molecule has 0 aliphatic rings. The zero-order valence-corrected chi connectivity index (χ0v) is 18.6. The largest absolute Gasteiger partial charge is 0.397 e. The molecule has 0 fully saturated rings. The highest BCUT2D eigenvalue weighted by Gasteiger charge is 2.16. The molecule has 0 saturated carbocycles. The molecule has 0 aliphatic heterocycles. The second kappa shape index (κ2) is 7.26. The first kappa shape index (κ1) is 19.0. The van der Waals surface area contributed by atoms with E-state index in [4.69, 9.17) is 5.73 Å². The molecule has 0 bridgehead atoms. The van der Waals surface area contributed by atoms with Crippen LogP contribution in [0.1, 0.15) is 5.56 Å². The predicted octanol–water partition coefficient (Wildman–Crippen LogP) is 7.52. The standard InChI is InChI=1S/C31H23N3/c32-27-14-8-13-25-26-19-21(17-18-30(26)34(31(25)27)22-9-2-1-3-10-22)20-33-28-15-6-4-11-23(28)24-12-5-7-16-29(24)33/h1-19H,20,32H2. The minimum Gasteiger partial charge on any atom is -0.397 e. The molecule has 3 heteroatoms. The Labute approximate surface area is 197 Å². The Hall–Kier alpha value is -4.50. The Morgan fingerprint density at radius 2 is 1.18 bits per heavy atom. The number of benzene rings is 5. The molecule has 7 aromatic rings. The highest BCUT2D eigenvalue weighted by atomic mass is 15.0. The smallest absolute Gasteiger partial charge is 0.0771 e. The molecule has 0 saturated heterocycles. The highest BCUT2D eigenvalue weighted by Crippen LogP contribution is 2.36. The fourth-order valence-corrected chi connectivity index (χ4v) is 5.44. The molecule has 0 spiro atoms. The van der Waals surface area contributed by atoms with E-state index in [0.717, 1.165) is 23.4 Å². The predicted molar refractivity (Wildman–Crippen MR) is 144 cm³/mol. The van der Waals surface area contributed by atoms with E-state index in [1.807, 2.05) is 18.2 Å². The van der Waals surface area contributed by atoms with E-state index in [1.54, 1.807) is 0 Å². The quantitative estimate of drug-likeness (QED) is 0.285. The van der Waals surface area contributed by atoms with Gasteiger partial charge in [0.15, 0.2) is 0 Å². The summed E-state index contributed by atoms with van der Waals surface area (Å²) < 4.78 is 4.71. The van der Waals surface area contributed by atoms with E-state index < -0.39 is 0 Å². The van der Waals surface area contributed by atoms with Gasteiger partial charge in [-0.05, 0) is 48.0 Å². The SMILES string of the molecule is Nc1cccc2c3cc(Cn4c5ccccc5c5ccccc54)ccc3n(-c3ccccc3)c12. The molecule has 0 unspecified atom stereocenters. The molecule has 0 atom stereocenters. The first-order chi connectivity index (χ1) is 16.8. The number of anilines is 1. The van der Waals surface area contributed by atoms with Crippen LogP contribution in [-0.2, 0) is 6.54 Å². The molecular weight excluding hydrogens is 414 g/mol. The minimum absolute atomic E-state index is 0.793. The van der Waals surface area contributed by atoms with Gasteiger partial charge in [-0.1, -0.05) is 72.8 Å². The number of rotatable bonds is 3. The van der Waals surface area contributed by atoms with Crippen molar-refractivity contribution in [3.05, 3.63) is 121 Å². The van der Waals surface area contributed by atoms with Gasteiger partial charge < -0.3 is 14.9 Å². The van der Waals surface area contributed by atoms with Crippen LogP contribution in [-0.4, -0.2) is 9.13 Å². The summed E-state index contributed by atoms with van der Waals surface area (Å²) in [6.07, 6.45) is 0. The van der Waals surface area contributed by atoms with Crippen LogP contribution < -0.4 is 5.73 Å². The maximum absolute atomic E-state index is 6.51. The van der Waals surface area contributed by atoms with E-state index in [2.05, 4.69) is 106 Å². The Balaban J connectivity index is 1.47. The number of nitrogens with zero attached hydrogens (tertiary/aromatic N) is 2.